The van der Waals surface area contributed by atoms with Gasteiger partial charge in [-0.05, 0) is 48.4 Å². The molecule has 2 rings (SSSR count). The summed E-state index contributed by atoms with van der Waals surface area (Å²) in [4.78, 5) is 11.9. The van der Waals surface area contributed by atoms with E-state index in [0.29, 0.717) is 5.69 Å². The second-order valence-electron chi connectivity index (χ2n) is 4.87. The summed E-state index contributed by atoms with van der Waals surface area (Å²) < 4.78 is 38.1. The number of amides is 1. The van der Waals surface area contributed by atoms with Gasteiger partial charge in [-0.1, -0.05) is 29.8 Å². The van der Waals surface area contributed by atoms with E-state index in [9.17, 15) is 18.0 Å². The van der Waals surface area contributed by atoms with E-state index in [0.717, 1.165) is 29.8 Å². The van der Waals surface area contributed by atoms with Crippen molar-refractivity contribution in [2.75, 3.05) is 5.32 Å². The van der Waals surface area contributed by atoms with Crippen LogP contribution in [-0.4, -0.2) is 5.91 Å². The van der Waals surface area contributed by atoms with Gasteiger partial charge in [0.05, 0.1) is 5.56 Å². The van der Waals surface area contributed by atoms with Crippen LogP contribution in [0.2, 0.25) is 5.02 Å². The molecule has 6 heteroatoms. The molecule has 2 aromatic carbocycles. The summed E-state index contributed by atoms with van der Waals surface area (Å²) >= 11 is 5.86. The monoisotopic (exact) mass is 339 g/mol. The number of carbonyl (C=O) groups is 1. The minimum absolute atomic E-state index is 0.126. The van der Waals surface area contributed by atoms with Gasteiger partial charge in [0, 0.05) is 16.8 Å². The highest BCUT2D eigenvalue weighted by Crippen LogP contribution is 2.32. The van der Waals surface area contributed by atoms with Gasteiger partial charge in [0.25, 0.3) is 0 Å². The lowest BCUT2D eigenvalue weighted by molar-refractivity contribution is -0.137. The van der Waals surface area contributed by atoms with Crippen LogP contribution in [0.5, 0.6) is 0 Å². The van der Waals surface area contributed by atoms with Crippen LogP contribution in [0, 0.1) is 6.92 Å². The van der Waals surface area contributed by atoms with Crippen molar-refractivity contribution in [3.05, 3.63) is 70.3 Å². The maximum Gasteiger partial charge on any atom is 0.416 e. The largest absolute Gasteiger partial charge is 0.416 e. The minimum Gasteiger partial charge on any atom is -0.322 e. The number of aryl methyl sites for hydroxylation is 1. The summed E-state index contributed by atoms with van der Waals surface area (Å²) in [6.45, 7) is 1.84. The van der Waals surface area contributed by atoms with Gasteiger partial charge in [-0.15, -0.1) is 0 Å². The van der Waals surface area contributed by atoms with E-state index < -0.39 is 17.6 Å². The molecule has 2 nitrogen and oxygen atoms in total. The third-order valence-corrected chi connectivity index (χ3v) is 3.48. The number of rotatable bonds is 3. The summed E-state index contributed by atoms with van der Waals surface area (Å²) in [5, 5.41) is 2.79. The summed E-state index contributed by atoms with van der Waals surface area (Å²) in [6.07, 6.45) is -2.06. The SMILES string of the molecule is Cc1ccccc1NC(=O)/C=C/c1cc(C(F)(F)F)ccc1Cl. The molecular weight excluding hydrogens is 327 g/mol. The molecule has 120 valence electrons. The smallest absolute Gasteiger partial charge is 0.322 e. The number of carbonyl (C=O) groups excluding carboxylic acids is 1. The average molecular weight is 340 g/mol. The van der Waals surface area contributed by atoms with Crippen molar-refractivity contribution < 1.29 is 18.0 Å². The van der Waals surface area contributed by atoms with Crippen molar-refractivity contribution in [1.82, 2.24) is 0 Å². The molecule has 0 heterocycles. The zero-order valence-electron chi connectivity index (χ0n) is 12.1. The van der Waals surface area contributed by atoms with E-state index in [-0.39, 0.29) is 10.6 Å². The number of alkyl halides is 3. The third kappa shape index (κ3) is 4.60. The Bertz CT molecular complexity index is 754. The Balaban J connectivity index is 2.17. The fourth-order valence-electron chi connectivity index (χ4n) is 1.90. The van der Waals surface area contributed by atoms with Crippen LogP contribution in [0.4, 0.5) is 18.9 Å². The van der Waals surface area contributed by atoms with Gasteiger partial charge in [0.1, 0.15) is 0 Å². The van der Waals surface area contributed by atoms with Crippen LogP contribution >= 0.6 is 11.6 Å². The first kappa shape index (κ1) is 17.1. The van der Waals surface area contributed by atoms with E-state index in [1.54, 1.807) is 12.1 Å². The lowest BCUT2D eigenvalue weighted by Gasteiger charge is -2.08. The molecule has 0 spiro atoms. The Kier molecular flexibility index (Phi) is 5.11. The van der Waals surface area contributed by atoms with Gasteiger partial charge >= 0.3 is 6.18 Å². The maximum atomic E-state index is 12.7. The van der Waals surface area contributed by atoms with E-state index in [2.05, 4.69) is 5.32 Å². The Morgan fingerprint density at radius 1 is 1.17 bits per heavy atom. The molecular formula is C17H13ClF3NO. The van der Waals surface area contributed by atoms with E-state index >= 15 is 0 Å². The zero-order chi connectivity index (χ0) is 17.0. The molecule has 0 atom stereocenters. The summed E-state index contributed by atoms with van der Waals surface area (Å²) in [5.41, 5.74) is 0.825. The Labute approximate surface area is 136 Å². The molecule has 0 saturated carbocycles. The van der Waals surface area contributed by atoms with Gasteiger partial charge in [0.15, 0.2) is 0 Å². The standard InChI is InChI=1S/C17H13ClF3NO/c1-11-4-2-3-5-15(11)22-16(23)9-6-12-10-13(17(19,20)21)7-8-14(12)18/h2-10H,1H3,(H,22,23)/b9-6+. The van der Waals surface area contributed by atoms with Crippen LogP contribution in [0.3, 0.4) is 0 Å². The molecule has 0 radical (unpaired) electrons. The molecule has 0 unspecified atom stereocenters. The third-order valence-electron chi connectivity index (χ3n) is 3.14. The van der Waals surface area contributed by atoms with Crippen molar-refractivity contribution in [3.63, 3.8) is 0 Å². The number of benzene rings is 2. The van der Waals surface area contributed by atoms with Gasteiger partial charge in [-0.3, -0.25) is 4.79 Å². The molecule has 0 fully saturated rings. The highest BCUT2D eigenvalue weighted by molar-refractivity contribution is 6.32. The lowest BCUT2D eigenvalue weighted by Crippen LogP contribution is -2.09. The van der Waals surface area contributed by atoms with E-state index in [1.165, 1.54) is 6.08 Å². The summed E-state index contributed by atoms with van der Waals surface area (Å²) in [6, 6.07) is 10.1. The zero-order valence-corrected chi connectivity index (χ0v) is 12.9. The first-order valence-corrected chi connectivity index (χ1v) is 7.06. The van der Waals surface area contributed by atoms with Crippen LogP contribution in [-0.2, 0) is 11.0 Å². The number of halogens is 4. The lowest BCUT2D eigenvalue weighted by atomic mass is 10.1. The number of hydrogen-bond acceptors (Lipinski definition) is 1. The Morgan fingerprint density at radius 3 is 2.52 bits per heavy atom. The van der Waals surface area contributed by atoms with Crippen molar-refractivity contribution in [2.45, 2.75) is 13.1 Å². The van der Waals surface area contributed by atoms with Gasteiger partial charge in [-0.2, -0.15) is 13.2 Å². The molecule has 0 saturated heterocycles. The quantitative estimate of drug-likeness (QED) is 0.753. The molecule has 0 aliphatic rings. The van der Waals surface area contributed by atoms with Crippen LogP contribution < -0.4 is 5.32 Å². The predicted molar refractivity (Wildman–Crippen MR) is 85.3 cm³/mol. The molecule has 1 amide bonds. The maximum absolute atomic E-state index is 12.7. The average Bonchev–Trinajstić information content (AvgIpc) is 2.47. The molecule has 23 heavy (non-hydrogen) atoms. The molecule has 0 bridgehead atoms. The van der Waals surface area contributed by atoms with E-state index in [4.69, 9.17) is 11.6 Å². The molecule has 0 aliphatic heterocycles. The van der Waals surface area contributed by atoms with Crippen molar-refractivity contribution in [2.24, 2.45) is 0 Å². The minimum atomic E-state index is -4.46. The Morgan fingerprint density at radius 2 is 1.87 bits per heavy atom. The summed E-state index contributed by atoms with van der Waals surface area (Å²) in [5.74, 6) is -0.451. The fraction of sp³-hybridized carbons (Fsp3) is 0.118. The number of nitrogens with one attached hydrogen (secondary N) is 1. The first-order valence-electron chi connectivity index (χ1n) is 6.69. The van der Waals surface area contributed by atoms with Crippen LogP contribution in [0.15, 0.2) is 48.5 Å². The van der Waals surface area contributed by atoms with Crippen molar-refractivity contribution >= 4 is 29.3 Å². The molecule has 0 aliphatic carbocycles. The molecule has 2 aromatic rings. The summed E-state index contributed by atoms with van der Waals surface area (Å²) in [7, 11) is 0. The number of para-hydroxylation sites is 1. The van der Waals surface area contributed by atoms with Gasteiger partial charge in [0.2, 0.25) is 5.91 Å². The van der Waals surface area contributed by atoms with Crippen molar-refractivity contribution in [1.29, 1.82) is 0 Å². The van der Waals surface area contributed by atoms with Crippen molar-refractivity contribution in [3.8, 4) is 0 Å². The topological polar surface area (TPSA) is 29.1 Å². The Hall–Kier alpha value is -2.27. The molecule has 1 N–H and O–H groups in total. The number of anilines is 1. The van der Waals surface area contributed by atoms with Crippen LogP contribution in [0.25, 0.3) is 6.08 Å². The first-order chi connectivity index (χ1) is 10.8. The van der Waals surface area contributed by atoms with Crippen LogP contribution in [0.1, 0.15) is 16.7 Å². The normalized spacial score (nSPS) is 11.7. The van der Waals surface area contributed by atoms with Gasteiger partial charge < -0.3 is 5.32 Å². The van der Waals surface area contributed by atoms with Gasteiger partial charge in [-0.25, -0.2) is 0 Å². The highest BCUT2D eigenvalue weighted by atomic mass is 35.5. The predicted octanol–water partition coefficient (Wildman–Crippen LogP) is 5.32. The second-order valence-corrected chi connectivity index (χ2v) is 5.28. The highest BCUT2D eigenvalue weighted by Gasteiger charge is 2.30. The second kappa shape index (κ2) is 6.87. The van der Waals surface area contributed by atoms with E-state index in [1.807, 2.05) is 19.1 Å². The fourth-order valence-corrected chi connectivity index (χ4v) is 2.08. The molecule has 0 aromatic heterocycles. The number of hydrogen-bond donors (Lipinski definition) is 1.